The monoisotopic (exact) mass is 1170 g/mol. The molecule has 1 aliphatic heterocycles. The fourth-order valence-corrected chi connectivity index (χ4v) is 11.1. The second-order valence-corrected chi connectivity index (χ2v) is 24.7. The molecule has 12 rings (SSSR count). The van der Waals surface area contributed by atoms with E-state index >= 15 is 0 Å². The van der Waals surface area contributed by atoms with Gasteiger partial charge in [0.25, 0.3) is 0 Å². The minimum atomic E-state index is -0.0633. The van der Waals surface area contributed by atoms with Crippen LogP contribution in [0.1, 0.15) is 105 Å². The van der Waals surface area contributed by atoms with Crippen LogP contribution in [0, 0.1) is 18.8 Å². The number of nitrogens with zero attached hydrogens (tertiary/aromatic N) is 4. The first kappa shape index (κ1) is 50.8. The fourth-order valence-electron chi connectivity index (χ4n) is 11.1. The molecule has 76 heavy (non-hydrogen) atoms. The maximum Gasteiger partial charge on any atom is 0.135 e. The average molecular weight is 1170 g/mol. The molecule has 6 heteroatoms. The molecule has 0 radical (unpaired) electrons. The summed E-state index contributed by atoms with van der Waals surface area (Å²) in [5.74, 6) is 2.04. The van der Waals surface area contributed by atoms with E-state index in [-0.39, 0.29) is 42.7 Å². The van der Waals surface area contributed by atoms with Crippen LogP contribution in [0.5, 0.6) is 11.5 Å². The summed E-state index contributed by atoms with van der Waals surface area (Å²) in [4.78, 5) is 7.19. The number of fused-ring (bicyclic) bond motifs is 10. The van der Waals surface area contributed by atoms with Crippen molar-refractivity contribution in [2.75, 3.05) is 4.90 Å². The summed E-state index contributed by atoms with van der Waals surface area (Å²) >= 11 is 0. The third kappa shape index (κ3) is 8.81. The normalized spacial score (nSPS) is 13.0. The molecule has 0 amide bonds. The van der Waals surface area contributed by atoms with E-state index < -0.39 is 0 Å². The predicted molar refractivity (Wildman–Crippen MR) is 317 cm³/mol. The van der Waals surface area contributed by atoms with Crippen LogP contribution in [-0.4, -0.2) is 14.1 Å². The van der Waals surface area contributed by atoms with Crippen molar-refractivity contribution >= 4 is 76.5 Å². The van der Waals surface area contributed by atoms with E-state index in [9.17, 15) is 0 Å². The Balaban J connectivity index is 0.00000616. The molecule has 384 valence electrons. The van der Waals surface area contributed by atoms with E-state index in [1.807, 2.05) is 18.3 Å². The average Bonchev–Trinajstić information content (AvgIpc) is 3.94. The number of ether oxygens (including phenoxy) is 1. The number of pyridine rings is 1. The zero-order valence-corrected chi connectivity index (χ0v) is 48.0. The Labute approximate surface area is 462 Å². The maximum atomic E-state index is 6.82. The first-order valence-corrected chi connectivity index (χ1v) is 26.4. The number of hydrogen-bond donors (Lipinski definition) is 0. The number of benzene rings is 8. The van der Waals surface area contributed by atoms with E-state index in [0.717, 1.165) is 55.4 Å². The Hall–Kier alpha value is -7.33. The minimum absolute atomic E-state index is 0. The van der Waals surface area contributed by atoms with Gasteiger partial charge in [0.05, 0.1) is 0 Å². The first-order valence-electron chi connectivity index (χ1n) is 26.4. The Morgan fingerprint density at radius 3 is 1.71 bits per heavy atom. The van der Waals surface area contributed by atoms with Crippen LogP contribution in [0.25, 0.3) is 82.1 Å². The number of para-hydroxylation sites is 3. The summed E-state index contributed by atoms with van der Waals surface area (Å²) in [6.07, 6.45) is 1.91. The summed E-state index contributed by atoms with van der Waals surface area (Å²) in [7, 11) is 0. The van der Waals surface area contributed by atoms with Gasteiger partial charge in [-0.05, 0) is 135 Å². The molecule has 5 nitrogen and oxygen atoms in total. The molecule has 4 heterocycles. The van der Waals surface area contributed by atoms with Crippen LogP contribution in [0.3, 0.4) is 0 Å². The summed E-state index contributed by atoms with van der Waals surface area (Å²) < 4.78 is 11.5. The van der Waals surface area contributed by atoms with Crippen molar-refractivity contribution in [1.29, 1.82) is 0 Å². The van der Waals surface area contributed by atoms with Gasteiger partial charge in [0.15, 0.2) is 0 Å². The van der Waals surface area contributed by atoms with Gasteiger partial charge in [-0.3, -0.25) is 0 Å². The summed E-state index contributed by atoms with van der Waals surface area (Å²) in [6.45, 7) is 29.8. The maximum absolute atomic E-state index is 6.82. The second-order valence-electron chi connectivity index (χ2n) is 24.7. The fraction of sp³-hybridized carbons (Fsp3) is 0.229. The summed E-state index contributed by atoms with van der Waals surface area (Å²) in [5.41, 5.74) is 13.4. The Kier molecular flexibility index (Phi) is 12.3. The molecular weight excluding hydrogens is 1110 g/mol. The molecule has 11 aromatic rings. The molecule has 0 fully saturated rings. The van der Waals surface area contributed by atoms with Crippen molar-refractivity contribution in [3.05, 3.63) is 211 Å². The molecule has 0 N–H and O–H groups in total. The van der Waals surface area contributed by atoms with Gasteiger partial charge in [-0.25, -0.2) is 4.98 Å². The van der Waals surface area contributed by atoms with Crippen LogP contribution < -0.4 is 9.64 Å². The van der Waals surface area contributed by atoms with Crippen LogP contribution in [0.2, 0.25) is 0 Å². The third-order valence-corrected chi connectivity index (χ3v) is 15.3. The van der Waals surface area contributed by atoms with Gasteiger partial charge in [-0.2, -0.15) is 12.1 Å². The molecular formula is C70H65N4OPt-3. The zero-order chi connectivity index (χ0) is 52.3. The zero-order valence-electron chi connectivity index (χ0n) is 45.8. The SMILES string of the molecule is CC(C)(C)c1cc(-c2cccc3c4ccccc4c4cc(C(C)(C)C)ccc4c4cccc5c4n(c23)[CH-]N5c2[c-]c(Oc3[c-]c4c(cc3)c3ccccc3n4-c3cc(C(C)(C)C)ccn3)ccc2)cc(C(C)(C)C)c1.[Pt]. The van der Waals surface area contributed by atoms with Crippen molar-refractivity contribution < 1.29 is 25.8 Å². The molecule has 0 atom stereocenters. The van der Waals surface area contributed by atoms with Gasteiger partial charge in [-0.1, -0.05) is 203 Å². The van der Waals surface area contributed by atoms with Gasteiger partial charge >= 0.3 is 0 Å². The summed E-state index contributed by atoms with van der Waals surface area (Å²) in [6, 6.07) is 67.6. The van der Waals surface area contributed by atoms with Gasteiger partial charge in [0.1, 0.15) is 5.82 Å². The molecule has 0 aliphatic carbocycles. The second kappa shape index (κ2) is 18.5. The largest absolute Gasteiger partial charge is 0.509 e. The Morgan fingerprint density at radius 1 is 0.447 bits per heavy atom. The van der Waals surface area contributed by atoms with Gasteiger partial charge in [0, 0.05) is 50.0 Å². The number of rotatable bonds is 5. The standard InChI is InChI=1S/C70H65N4O.Pt/c1-67(2,3)45-30-32-55-59-27-19-29-62-66(59)73(65-52(44-36-47(69(7,8)9)38-48(37-44)70(10,11)12)25-18-26-58(65)53-22-13-14-23-54(53)60(55)39-45)43-72(62)49-20-17-21-50(41-49)75-51-31-33-57-56-24-15-16-28-61(56)74(63(57)42-51)64-40-46(34-35-71-64)68(4,5)6;/h13-40,43H,1-12H3;/q-3;. The van der Waals surface area contributed by atoms with Crippen LogP contribution in [0.15, 0.2) is 170 Å². The van der Waals surface area contributed by atoms with Crippen LogP contribution >= 0.6 is 0 Å². The van der Waals surface area contributed by atoms with E-state index in [1.54, 1.807) is 0 Å². The van der Waals surface area contributed by atoms with Gasteiger partial charge in [-0.15, -0.1) is 35.7 Å². The molecule has 0 spiro atoms. The molecule has 8 aromatic carbocycles. The van der Waals surface area contributed by atoms with Crippen LogP contribution in [-0.2, 0) is 42.7 Å². The van der Waals surface area contributed by atoms with Crippen molar-refractivity contribution in [2.45, 2.75) is 105 Å². The smallest absolute Gasteiger partial charge is 0.135 e. The number of anilines is 2. The Bertz CT molecular complexity index is 4150. The quantitative estimate of drug-likeness (QED) is 0.161. The molecule has 0 saturated heterocycles. The first-order chi connectivity index (χ1) is 35.7. The van der Waals surface area contributed by atoms with Crippen LogP contribution in [0.4, 0.5) is 11.4 Å². The van der Waals surface area contributed by atoms with E-state index in [4.69, 9.17) is 9.72 Å². The van der Waals surface area contributed by atoms with E-state index in [0.29, 0.717) is 11.5 Å². The van der Waals surface area contributed by atoms with Crippen molar-refractivity contribution in [1.82, 2.24) is 14.1 Å². The molecule has 1 aliphatic rings. The Morgan fingerprint density at radius 2 is 1.01 bits per heavy atom. The molecule has 0 bridgehead atoms. The summed E-state index contributed by atoms with van der Waals surface area (Å²) in [5, 5.41) is 9.37. The molecule has 3 aromatic heterocycles. The topological polar surface area (TPSA) is 35.2 Å². The van der Waals surface area contributed by atoms with Gasteiger partial charge < -0.3 is 18.8 Å². The predicted octanol–water partition coefficient (Wildman–Crippen LogP) is 19.1. The van der Waals surface area contributed by atoms with Gasteiger partial charge in [0.2, 0.25) is 0 Å². The number of hydrogen-bond acceptors (Lipinski definition) is 3. The van der Waals surface area contributed by atoms with E-state index in [2.05, 4.69) is 268 Å². The minimum Gasteiger partial charge on any atom is -0.509 e. The van der Waals surface area contributed by atoms with Crippen molar-refractivity contribution in [3.63, 3.8) is 0 Å². The molecule has 0 unspecified atom stereocenters. The number of aromatic nitrogens is 3. The molecule has 0 saturated carbocycles. The van der Waals surface area contributed by atoms with Crippen molar-refractivity contribution in [3.8, 4) is 28.4 Å². The van der Waals surface area contributed by atoms with E-state index in [1.165, 1.54) is 60.3 Å². The third-order valence-electron chi connectivity index (χ3n) is 15.3. The van der Waals surface area contributed by atoms with Crippen molar-refractivity contribution in [2.24, 2.45) is 0 Å².